The lowest BCUT2D eigenvalue weighted by atomic mass is 10.5. The van der Waals surface area contributed by atoms with E-state index in [1.54, 1.807) is 13.1 Å². The fraction of sp³-hybridized carbons (Fsp3) is 0.333. The number of hydrogen-bond acceptors (Lipinski definition) is 7. The van der Waals surface area contributed by atoms with Crippen LogP contribution in [-0.2, 0) is 0 Å². The molecule has 0 bridgehead atoms. The van der Waals surface area contributed by atoms with E-state index in [9.17, 15) is 0 Å². The molecular formula is C12H14N6OS. The third-order valence-corrected chi connectivity index (χ3v) is 3.40. The minimum Gasteiger partial charge on any atom is -0.416 e. The van der Waals surface area contributed by atoms with Gasteiger partial charge in [-0.2, -0.15) is 0 Å². The molecule has 3 aromatic rings. The number of fused-ring (bicyclic) bond motifs is 1. The van der Waals surface area contributed by atoms with Crippen molar-refractivity contribution in [2.45, 2.75) is 30.5 Å². The monoisotopic (exact) mass is 290 g/mol. The maximum absolute atomic E-state index is 5.38. The molecular weight excluding hydrogens is 276 g/mol. The maximum atomic E-state index is 5.38. The highest BCUT2D eigenvalue weighted by Crippen LogP contribution is 2.28. The second-order valence-electron chi connectivity index (χ2n) is 4.21. The first-order valence-electron chi connectivity index (χ1n) is 6.32. The number of hydrogen-bond donors (Lipinski definition) is 1. The van der Waals surface area contributed by atoms with Gasteiger partial charge in [0.25, 0.3) is 5.22 Å². The Labute approximate surface area is 119 Å². The average molecular weight is 290 g/mol. The van der Waals surface area contributed by atoms with Crippen molar-refractivity contribution in [1.29, 1.82) is 0 Å². The molecule has 0 aliphatic rings. The number of rotatable bonds is 5. The molecule has 3 aromatic heterocycles. The minimum absolute atomic E-state index is 0.465. The molecule has 0 spiro atoms. The first kappa shape index (κ1) is 12.9. The molecule has 0 aliphatic carbocycles. The highest BCUT2D eigenvalue weighted by molar-refractivity contribution is 7.99. The van der Waals surface area contributed by atoms with Crippen molar-refractivity contribution >= 4 is 23.2 Å². The van der Waals surface area contributed by atoms with Gasteiger partial charge >= 0.3 is 0 Å². The van der Waals surface area contributed by atoms with E-state index in [1.807, 2.05) is 16.8 Å². The largest absolute Gasteiger partial charge is 0.416 e. The third-order valence-electron chi connectivity index (χ3n) is 2.59. The Morgan fingerprint density at radius 2 is 2.30 bits per heavy atom. The fourth-order valence-corrected chi connectivity index (χ4v) is 2.51. The summed E-state index contributed by atoms with van der Waals surface area (Å²) in [6.45, 7) is 4.74. The number of imidazole rings is 1. The molecule has 0 atom stereocenters. The number of aromatic nitrogens is 5. The zero-order valence-electron chi connectivity index (χ0n) is 11.2. The van der Waals surface area contributed by atoms with Crippen LogP contribution in [0.3, 0.4) is 0 Å². The van der Waals surface area contributed by atoms with Crippen molar-refractivity contribution in [1.82, 2.24) is 24.6 Å². The molecule has 0 saturated heterocycles. The molecule has 3 heterocycles. The number of anilines is 1. The fourth-order valence-electron chi connectivity index (χ4n) is 1.71. The lowest BCUT2D eigenvalue weighted by Gasteiger charge is -2.07. The van der Waals surface area contributed by atoms with Gasteiger partial charge in [-0.05, 0) is 18.2 Å². The van der Waals surface area contributed by atoms with E-state index in [4.69, 9.17) is 4.42 Å². The molecule has 7 nitrogen and oxygen atoms in total. The summed E-state index contributed by atoms with van der Waals surface area (Å²) in [5.41, 5.74) is 0.771. The Morgan fingerprint density at radius 3 is 3.05 bits per heavy atom. The number of nitrogens with zero attached hydrogens (tertiary/aromatic N) is 5. The molecule has 0 aromatic carbocycles. The Bertz CT molecular complexity index is 722. The summed E-state index contributed by atoms with van der Waals surface area (Å²) < 4.78 is 7.30. The van der Waals surface area contributed by atoms with Crippen molar-refractivity contribution < 1.29 is 4.42 Å². The summed E-state index contributed by atoms with van der Waals surface area (Å²) in [7, 11) is 0. The van der Waals surface area contributed by atoms with Gasteiger partial charge in [-0.25, -0.2) is 9.97 Å². The molecule has 0 unspecified atom stereocenters. The zero-order chi connectivity index (χ0) is 13.9. The van der Waals surface area contributed by atoms with Gasteiger partial charge in [0.05, 0.1) is 6.20 Å². The molecule has 0 saturated carbocycles. The molecule has 8 heteroatoms. The summed E-state index contributed by atoms with van der Waals surface area (Å²) in [4.78, 5) is 8.86. The van der Waals surface area contributed by atoms with Crippen LogP contribution in [0.15, 0.2) is 33.3 Å². The van der Waals surface area contributed by atoms with E-state index in [0.29, 0.717) is 11.1 Å². The van der Waals surface area contributed by atoms with Gasteiger partial charge in [-0.1, -0.05) is 6.92 Å². The molecule has 0 fully saturated rings. The van der Waals surface area contributed by atoms with Crippen LogP contribution in [0.1, 0.15) is 19.2 Å². The quantitative estimate of drug-likeness (QED) is 0.772. The number of aryl methyl sites for hydroxylation is 1. The lowest BCUT2D eigenvalue weighted by Crippen LogP contribution is -2.04. The minimum atomic E-state index is 0.465. The van der Waals surface area contributed by atoms with Crippen LogP contribution in [0, 0.1) is 6.92 Å². The van der Waals surface area contributed by atoms with Crippen molar-refractivity contribution in [3.8, 4) is 0 Å². The van der Waals surface area contributed by atoms with Crippen LogP contribution >= 0.6 is 11.8 Å². The van der Waals surface area contributed by atoms with Crippen LogP contribution in [0.5, 0.6) is 0 Å². The first-order chi connectivity index (χ1) is 9.76. The Balaban J connectivity index is 1.96. The van der Waals surface area contributed by atoms with Crippen molar-refractivity contribution in [2.75, 3.05) is 11.9 Å². The van der Waals surface area contributed by atoms with E-state index in [2.05, 4.69) is 32.4 Å². The standard InChI is InChI=1S/C12H14N6OS/c1-3-4-13-9-7-18-6-5-14-10(18)11(15-9)20-12-17-16-8(2)19-12/h5-7,13H,3-4H2,1-2H3. The van der Waals surface area contributed by atoms with Crippen LogP contribution in [0.2, 0.25) is 0 Å². The van der Waals surface area contributed by atoms with E-state index < -0.39 is 0 Å². The molecule has 3 rings (SSSR count). The van der Waals surface area contributed by atoms with Crippen LogP contribution < -0.4 is 5.32 Å². The molecule has 0 radical (unpaired) electrons. The summed E-state index contributed by atoms with van der Waals surface area (Å²) in [5.74, 6) is 1.34. The van der Waals surface area contributed by atoms with E-state index in [-0.39, 0.29) is 0 Å². The smallest absolute Gasteiger partial charge is 0.283 e. The van der Waals surface area contributed by atoms with Crippen LogP contribution in [0.25, 0.3) is 5.65 Å². The van der Waals surface area contributed by atoms with Crippen molar-refractivity contribution in [3.63, 3.8) is 0 Å². The summed E-state index contributed by atoms with van der Waals surface area (Å²) in [6.07, 6.45) is 6.58. The lowest BCUT2D eigenvalue weighted by molar-refractivity contribution is 0.429. The molecule has 0 aliphatic heterocycles. The highest BCUT2D eigenvalue weighted by Gasteiger charge is 2.13. The first-order valence-corrected chi connectivity index (χ1v) is 7.13. The average Bonchev–Trinajstić information content (AvgIpc) is 3.05. The third kappa shape index (κ3) is 2.60. The Kier molecular flexibility index (Phi) is 3.55. The second kappa shape index (κ2) is 5.49. The highest BCUT2D eigenvalue weighted by atomic mass is 32.2. The van der Waals surface area contributed by atoms with E-state index >= 15 is 0 Å². The van der Waals surface area contributed by atoms with Gasteiger partial charge in [0, 0.05) is 25.9 Å². The van der Waals surface area contributed by atoms with E-state index in [1.165, 1.54) is 11.8 Å². The predicted octanol–water partition coefficient (Wildman–Crippen LogP) is 2.39. The van der Waals surface area contributed by atoms with Gasteiger partial charge in [0.2, 0.25) is 5.89 Å². The normalized spacial score (nSPS) is 11.1. The van der Waals surface area contributed by atoms with Gasteiger partial charge in [0.15, 0.2) is 10.7 Å². The summed E-state index contributed by atoms with van der Waals surface area (Å²) in [5, 5.41) is 12.3. The second-order valence-corrected chi connectivity index (χ2v) is 5.15. The van der Waals surface area contributed by atoms with E-state index in [0.717, 1.165) is 29.5 Å². The predicted molar refractivity (Wildman–Crippen MR) is 74.9 cm³/mol. The zero-order valence-corrected chi connectivity index (χ0v) is 12.0. The molecule has 20 heavy (non-hydrogen) atoms. The molecule has 104 valence electrons. The van der Waals surface area contributed by atoms with Crippen molar-refractivity contribution in [3.05, 3.63) is 24.5 Å². The van der Waals surface area contributed by atoms with Crippen LogP contribution in [0.4, 0.5) is 5.82 Å². The van der Waals surface area contributed by atoms with Gasteiger partial charge in [-0.3, -0.25) is 0 Å². The number of nitrogens with one attached hydrogen (secondary N) is 1. The summed E-state index contributed by atoms with van der Waals surface area (Å²) >= 11 is 1.32. The van der Waals surface area contributed by atoms with Gasteiger partial charge < -0.3 is 14.1 Å². The van der Waals surface area contributed by atoms with Crippen LogP contribution in [-0.4, -0.2) is 31.1 Å². The SMILES string of the molecule is CCCNc1cn2ccnc2c(Sc2nnc(C)o2)n1. The van der Waals surface area contributed by atoms with Crippen molar-refractivity contribution in [2.24, 2.45) is 0 Å². The topological polar surface area (TPSA) is 81.1 Å². The Hall–Kier alpha value is -2.09. The molecule has 0 amide bonds. The Morgan fingerprint density at radius 1 is 1.40 bits per heavy atom. The van der Waals surface area contributed by atoms with Gasteiger partial charge in [0.1, 0.15) is 5.82 Å². The van der Waals surface area contributed by atoms with Gasteiger partial charge in [-0.15, -0.1) is 10.2 Å². The summed E-state index contributed by atoms with van der Waals surface area (Å²) in [6, 6.07) is 0. The maximum Gasteiger partial charge on any atom is 0.283 e. The molecule has 1 N–H and O–H groups in total.